The van der Waals surface area contributed by atoms with E-state index in [1.54, 1.807) is 0 Å². The molecule has 0 bridgehead atoms. The van der Waals surface area contributed by atoms with Gasteiger partial charge in [0.05, 0.1) is 12.6 Å². The van der Waals surface area contributed by atoms with Gasteiger partial charge in [-0.3, -0.25) is 0 Å². The molecule has 0 saturated carbocycles. The van der Waals surface area contributed by atoms with Crippen molar-refractivity contribution in [1.29, 1.82) is 0 Å². The molecule has 4 heteroatoms. The summed E-state index contributed by atoms with van der Waals surface area (Å²) in [6, 6.07) is 19.0. The van der Waals surface area contributed by atoms with Crippen molar-refractivity contribution in [3.63, 3.8) is 0 Å². The Morgan fingerprint density at radius 3 is 1.74 bits per heavy atom. The van der Waals surface area contributed by atoms with Crippen molar-refractivity contribution in [2.45, 2.75) is 6.10 Å². The SMILES string of the molecule is O=C([O-])COC(c1ccccc1)c1ccccc1.[Na+]. The molecule has 3 nitrogen and oxygen atoms in total. The normalized spacial score (nSPS) is 9.95. The van der Waals surface area contributed by atoms with Gasteiger partial charge in [-0.1, -0.05) is 60.7 Å². The quantitative estimate of drug-likeness (QED) is 0.621. The van der Waals surface area contributed by atoms with Crippen LogP contribution in [-0.2, 0) is 9.53 Å². The van der Waals surface area contributed by atoms with Crippen molar-refractivity contribution in [2.24, 2.45) is 0 Å². The van der Waals surface area contributed by atoms with E-state index in [1.807, 2.05) is 60.7 Å². The van der Waals surface area contributed by atoms with Gasteiger partial charge in [0.15, 0.2) is 0 Å². The molecule has 0 radical (unpaired) electrons. The van der Waals surface area contributed by atoms with Gasteiger partial charge >= 0.3 is 29.6 Å². The Bertz CT molecular complexity index is 460. The molecule has 0 saturated heterocycles. The summed E-state index contributed by atoms with van der Waals surface area (Å²) in [6.07, 6.45) is -0.384. The van der Waals surface area contributed by atoms with Crippen LogP contribution >= 0.6 is 0 Å². The zero-order valence-corrected chi connectivity index (χ0v) is 12.8. The molecule has 0 spiro atoms. The van der Waals surface area contributed by atoms with Crippen LogP contribution in [0.4, 0.5) is 0 Å². The van der Waals surface area contributed by atoms with E-state index < -0.39 is 12.6 Å². The largest absolute Gasteiger partial charge is 1.00 e. The summed E-state index contributed by atoms with van der Waals surface area (Å²) in [7, 11) is 0. The summed E-state index contributed by atoms with van der Waals surface area (Å²) in [6.45, 7) is -0.422. The molecular weight excluding hydrogens is 251 g/mol. The first-order valence-electron chi connectivity index (χ1n) is 5.68. The molecular formula is C15H13NaO3. The van der Waals surface area contributed by atoms with E-state index in [2.05, 4.69) is 0 Å². The van der Waals surface area contributed by atoms with Gasteiger partial charge in [0, 0.05) is 0 Å². The summed E-state index contributed by atoms with van der Waals surface area (Å²) in [5, 5.41) is 10.5. The topological polar surface area (TPSA) is 49.4 Å². The molecule has 2 aromatic carbocycles. The summed E-state index contributed by atoms with van der Waals surface area (Å²) in [5.41, 5.74) is 1.84. The summed E-state index contributed by atoms with van der Waals surface area (Å²) in [4.78, 5) is 10.5. The van der Waals surface area contributed by atoms with E-state index >= 15 is 0 Å². The second-order valence-electron chi connectivity index (χ2n) is 3.88. The maximum atomic E-state index is 10.5. The monoisotopic (exact) mass is 264 g/mol. The van der Waals surface area contributed by atoms with E-state index in [1.165, 1.54) is 0 Å². The van der Waals surface area contributed by atoms with Crippen molar-refractivity contribution in [1.82, 2.24) is 0 Å². The summed E-state index contributed by atoms with van der Waals surface area (Å²) >= 11 is 0. The molecule has 0 aliphatic heterocycles. The number of rotatable bonds is 5. The second kappa shape index (κ2) is 8.12. The smallest absolute Gasteiger partial charge is 0.548 e. The number of carbonyl (C=O) groups excluding carboxylic acids is 1. The summed E-state index contributed by atoms with van der Waals surface area (Å²) < 4.78 is 5.41. The molecule has 92 valence electrons. The average molecular weight is 264 g/mol. The van der Waals surface area contributed by atoms with Crippen LogP contribution in [0.2, 0.25) is 0 Å². The fourth-order valence-corrected chi connectivity index (χ4v) is 1.79. The molecule has 0 fully saturated rings. The van der Waals surface area contributed by atoms with Crippen LogP contribution in [0.25, 0.3) is 0 Å². The Balaban J connectivity index is 0.00000180. The van der Waals surface area contributed by atoms with Gasteiger partial charge in [-0.05, 0) is 11.1 Å². The van der Waals surface area contributed by atoms with Crippen molar-refractivity contribution in [3.05, 3.63) is 71.8 Å². The van der Waals surface area contributed by atoms with Gasteiger partial charge in [-0.2, -0.15) is 0 Å². The minimum Gasteiger partial charge on any atom is -0.548 e. The molecule has 0 heterocycles. The van der Waals surface area contributed by atoms with Crippen LogP contribution in [0.15, 0.2) is 60.7 Å². The molecule has 19 heavy (non-hydrogen) atoms. The predicted molar refractivity (Wildman–Crippen MR) is 65.7 cm³/mol. The number of benzene rings is 2. The number of carbonyl (C=O) groups is 1. The molecule has 0 amide bonds. The number of carboxylic acid groups (broad SMARTS) is 1. The fraction of sp³-hybridized carbons (Fsp3) is 0.133. The molecule has 0 atom stereocenters. The maximum absolute atomic E-state index is 10.5. The molecule has 2 aromatic rings. The van der Waals surface area contributed by atoms with Gasteiger partial charge in [0.25, 0.3) is 0 Å². The van der Waals surface area contributed by atoms with Crippen LogP contribution in [-0.4, -0.2) is 12.6 Å². The van der Waals surface area contributed by atoms with Gasteiger partial charge in [-0.15, -0.1) is 0 Å². The number of hydrogen-bond donors (Lipinski definition) is 0. The van der Waals surface area contributed by atoms with Gasteiger partial charge in [0.1, 0.15) is 6.10 Å². The third kappa shape index (κ3) is 4.80. The fourth-order valence-electron chi connectivity index (χ4n) is 1.79. The minimum absolute atomic E-state index is 0. The Kier molecular flexibility index (Phi) is 6.81. The average Bonchev–Trinajstić information content (AvgIpc) is 2.41. The molecule has 2 rings (SSSR count). The van der Waals surface area contributed by atoms with E-state index in [-0.39, 0.29) is 35.7 Å². The summed E-state index contributed by atoms with van der Waals surface area (Å²) in [5.74, 6) is -1.22. The van der Waals surface area contributed by atoms with Gasteiger partial charge in [0.2, 0.25) is 0 Å². The van der Waals surface area contributed by atoms with Crippen molar-refractivity contribution in [2.75, 3.05) is 6.61 Å². The van der Waals surface area contributed by atoms with E-state index in [4.69, 9.17) is 4.74 Å². The first-order chi connectivity index (χ1) is 8.77. The van der Waals surface area contributed by atoms with Crippen molar-refractivity contribution < 1.29 is 44.2 Å². The molecule has 0 aliphatic rings. The van der Waals surface area contributed by atoms with E-state index in [0.717, 1.165) is 11.1 Å². The number of ether oxygens (including phenoxy) is 1. The molecule has 0 unspecified atom stereocenters. The van der Waals surface area contributed by atoms with Gasteiger partial charge < -0.3 is 14.6 Å². The molecule has 0 aliphatic carbocycles. The minimum atomic E-state index is -1.22. The van der Waals surface area contributed by atoms with Crippen LogP contribution in [0, 0.1) is 0 Å². The standard InChI is InChI=1S/C15H14O3.Na/c16-14(17)11-18-15(12-7-3-1-4-8-12)13-9-5-2-6-10-13;/h1-10,15H,11H2,(H,16,17);/q;+1/p-1. The Labute approximate surface area is 134 Å². The second-order valence-corrected chi connectivity index (χ2v) is 3.88. The number of carboxylic acids is 1. The third-order valence-corrected chi connectivity index (χ3v) is 2.57. The zero-order valence-electron chi connectivity index (χ0n) is 10.8. The maximum Gasteiger partial charge on any atom is 1.00 e. The van der Waals surface area contributed by atoms with Crippen LogP contribution in [0.1, 0.15) is 17.2 Å². The van der Waals surface area contributed by atoms with Crippen LogP contribution in [0.5, 0.6) is 0 Å². The number of hydrogen-bond acceptors (Lipinski definition) is 3. The first-order valence-corrected chi connectivity index (χ1v) is 5.68. The van der Waals surface area contributed by atoms with Crippen molar-refractivity contribution in [3.8, 4) is 0 Å². The Morgan fingerprint density at radius 2 is 1.37 bits per heavy atom. The molecule has 0 aromatic heterocycles. The Morgan fingerprint density at radius 1 is 0.947 bits per heavy atom. The number of aliphatic carboxylic acids is 1. The van der Waals surface area contributed by atoms with Gasteiger partial charge in [-0.25, -0.2) is 0 Å². The van der Waals surface area contributed by atoms with E-state index in [9.17, 15) is 9.90 Å². The first kappa shape index (κ1) is 15.9. The van der Waals surface area contributed by atoms with Crippen molar-refractivity contribution >= 4 is 5.97 Å². The zero-order chi connectivity index (χ0) is 12.8. The van der Waals surface area contributed by atoms with E-state index in [0.29, 0.717) is 0 Å². The third-order valence-electron chi connectivity index (χ3n) is 2.57. The molecule has 0 N–H and O–H groups in total. The van der Waals surface area contributed by atoms with Crippen LogP contribution < -0.4 is 34.7 Å². The predicted octanol–water partition coefficient (Wildman–Crippen LogP) is -1.45. The van der Waals surface area contributed by atoms with Crippen LogP contribution in [0.3, 0.4) is 0 Å². The Hall–Kier alpha value is -1.13.